The number of methoxy groups -OCH3 is 1. The Kier molecular flexibility index (Phi) is 5.82. The minimum Gasteiger partial charge on any atom is -0.497 e. The van der Waals surface area contributed by atoms with Crippen molar-refractivity contribution in [3.8, 4) is 5.75 Å². The Morgan fingerprint density at radius 1 is 1.33 bits per heavy atom. The standard InChI is InChI=1S/C16H18BrNO2S/c1-18(11-14-7-8-15(17)21-14)16(19)9-6-12-4-3-5-13(10-12)20-2/h3-5,7-8,10H,6,9,11H2,1-2H3. The van der Waals surface area contributed by atoms with Crippen LogP contribution in [0.4, 0.5) is 0 Å². The van der Waals surface area contributed by atoms with Crippen LogP contribution in [-0.4, -0.2) is 25.0 Å². The summed E-state index contributed by atoms with van der Waals surface area (Å²) in [6.07, 6.45) is 1.24. The molecule has 0 radical (unpaired) electrons. The van der Waals surface area contributed by atoms with E-state index in [1.807, 2.05) is 43.4 Å². The van der Waals surface area contributed by atoms with Crippen molar-refractivity contribution in [3.63, 3.8) is 0 Å². The van der Waals surface area contributed by atoms with Crippen LogP contribution in [0.15, 0.2) is 40.2 Å². The third kappa shape index (κ3) is 4.86. The quantitative estimate of drug-likeness (QED) is 0.768. The maximum atomic E-state index is 12.2. The average molecular weight is 368 g/mol. The summed E-state index contributed by atoms with van der Waals surface area (Å²) >= 11 is 5.10. The van der Waals surface area contributed by atoms with Crippen LogP contribution in [-0.2, 0) is 17.8 Å². The first kappa shape index (κ1) is 16.0. The summed E-state index contributed by atoms with van der Waals surface area (Å²) in [6, 6.07) is 11.9. The van der Waals surface area contributed by atoms with Gasteiger partial charge in [-0.3, -0.25) is 4.79 Å². The third-order valence-electron chi connectivity index (χ3n) is 3.21. The number of hydrogen-bond acceptors (Lipinski definition) is 3. The highest BCUT2D eigenvalue weighted by atomic mass is 79.9. The molecule has 0 unspecified atom stereocenters. The molecule has 112 valence electrons. The molecule has 0 bridgehead atoms. The minimum absolute atomic E-state index is 0.155. The van der Waals surface area contributed by atoms with E-state index in [0.717, 1.165) is 21.5 Å². The van der Waals surface area contributed by atoms with Crippen LogP contribution in [0.2, 0.25) is 0 Å². The van der Waals surface area contributed by atoms with Gasteiger partial charge in [-0.05, 0) is 52.2 Å². The second-order valence-corrected chi connectivity index (χ2v) is 7.35. The fourth-order valence-corrected chi connectivity index (χ4v) is 3.57. The second kappa shape index (κ2) is 7.61. The maximum absolute atomic E-state index is 12.2. The Bertz CT molecular complexity index is 612. The molecule has 0 aliphatic rings. The van der Waals surface area contributed by atoms with E-state index < -0.39 is 0 Å². The number of halogens is 1. The van der Waals surface area contributed by atoms with Gasteiger partial charge in [0.1, 0.15) is 5.75 Å². The van der Waals surface area contributed by atoms with E-state index in [1.165, 1.54) is 4.88 Å². The smallest absolute Gasteiger partial charge is 0.222 e. The van der Waals surface area contributed by atoms with E-state index in [-0.39, 0.29) is 5.91 Å². The normalized spacial score (nSPS) is 10.4. The molecule has 5 heteroatoms. The largest absolute Gasteiger partial charge is 0.497 e. The summed E-state index contributed by atoms with van der Waals surface area (Å²) < 4.78 is 6.28. The van der Waals surface area contributed by atoms with Crippen LogP contribution in [0.25, 0.3) is 0 Å². The van der Waals surface area contributed by atoms with Crippen LogP contribution < -0.4 is 4.74 Å². The van der Waals surface area contributed by atoms with Gasteiger partial charge in [0.2, 0.25) is 5.91 Å². The summed E-state index contributed by atoms with van der Waals surface area (Å²) in [5.41, 5.74) is 1.12. The highest BCUT2D eigenvalue weighted by Gasteiger charge is 2.10. The number of rotatable bonds is 6. The van der Waals surface area contributed by atoms with E-state index >= 15 is 0 Å². The zero-order valence-electron chi connectivity index (χ0n) is 12.1. The number of benzene rings is 1. The van der Waals surface area contributed by atoms with Gasteiger partial charge in [0.05, 0.1) is 17.4 Å². The van der Waals surface area contributed by atoms with Crippen LogP contribution in [0, 0.1) is 0 Å². The number of carbonyl (C=O) groups excluding carboxylic acids is 1. The molecule has 0 N–H and O–H groups in total. The Morgan fingerprint density at radius 3 is 2.81 bits per heavy atom. The van der Waals surface area contributed by atoms with E-state index in [9.17, 15) is 4.79 Å². The molecule has 0 saturated heterocycles. The number of hydrogen-bond donors (Lipinski definition) is 0. The zero-order valence-corrected chi connectivity index (χ0v) is 14.5. The monoisotopic (exact) mass is 367 g/mol. The molecule has 0 atom stereocenters. The van der Waals surface area contributed by atoms with Crippen molar-refractivity contribution < 1.29 is 9.53 Å². The summed E-state index contributed by atoms with van der Waals surface area (Å²) in [6.45, 7) is 0.660. The maximum Gasteiger partial charge on any atom is 0.222 e. The van der Waals surface area contributed by atoms with Gasteiger partial charge in [0.15, 0.2) is 0 Å². The first-order valence-corrected chi connectivity index (χ1v) is 8.30. The first-order valence-electron chi connectivity index (χ1n) is 6.69. The summed E-state index contributed by atoms with van der Waals surface area (Å²) in [5.74, 6) is 0.985. The fourth-order valence-electron chi connectivity index (χ4n) is 2.03. The number of amides is 1. The van der Waals surface area contributed by atoms with Crippen molar-refractivity contribution in [2.75, 3.05) is 14.2 Å². The van der Waals surface area contributed by atoms with Crippen LogP contribution in [0.5, 0.6) is 5.75 Å². The molecule has 0 spiro atoms. The minimum atomic E-state index is 0.155. The summed E-state index contributed by atoms with van der Waals surface area (Å²) in [5, 5.41) is 0. The van der Waals surface area contributed by atoms with Gasteiger partial charge in [-0.25, -0.2) is 0 Å². The number of thiophene rings is 1. The molecule has 0 aliphatic heterocycles. The van der Waals surface area contributed by atoms with Gasteiger partial charge in [-0.1, -0.05) is 12.1 Å². The van der Waals surface area contributed by atoms with Gasteiger partial charge in [-0.2, -0.15) is 0 Å². The fraction of sp³-hybridized carbons (Fsp3) is 0.312. The van der Waals surface area contributed by atoms with E-state index in [0.29, 0.717) is 13.0 Å². The lowest BCUT2D eigenvalue weighted by Gasteiger charge is -2.16. The molecule has 21 heavy (non-hydrogen) atoms. The van der Waals surface area contributed by atoms with Gasteiger partial charge in [0, 0.05) is 18.3 Å². The molecule has 1 amide bonds. The lowest BCUT2D eigenvalue weighted by Crippen LogP contribution is -2.25. The van der Waals surface area contributed by atoms with E-state index in [4.69, 9.17) is 4.74 Å². The summed E-state index contributed by atoms with van der Waals surface area (Å²) in [4.78, 5) is 15.1. The molecule has 2 aromatic rings. The lowest BCUT2D eigenvalue weighted by molar-refractivity contribution is -0.130. The molecule has 1 aromatic carbocycles. The molecule has 2 rings (SSSR count). The van der Waals surface area contributed by atoms with Gasteiger partial charge >= 0.3 is 0 Å². The van der Waals surface area contributed by atoms with E-state index in [1.54, 1.807) is 23.3 Å². The average Bonchev–Trinajstić information content (AvgIpc) is 2.90. The molecule has 1 heterocycles. The molecule has 1 aromatic heterocycles. The highest BCUT2D eigenvalue weighted by molar-refractivity contribution is 9.11. The number of aryl methyl sites for hydroxylation is 1. The highest BCUT2D eigenvalue weighted by Crippen LogP contribution is 2.23. The molecule has 0 fully saturated rings. The number of carbonyl (C=O) groups is 1. The Labute approximate surface area is 137 Å². The predicted molar refractivity (Wildman–Crippen MR) is 89.8 cm³/mol. The molecular weight excluding hydrogens is 350 g/mol. The molecule has 0 saturated carbocycles. The van der Waals surface area contributed by atoms with Crippen molar-refractivity contribution in [1.29, 1.82) is 0 Å². The SMILES string of the molecule is COc1cccc(CCC(=O)N(C)Cc2ccc(Br)s2)c1. The lowest BCUT2D eigenvalue weighted by atomic mass is 10.1. The van der Waals surface area contributed by atoms with Crippen molar-refractivity contribution in [2.45, 2.75) is 19.4 Å². The van der Waals surface area contributed by atoms with Crippen LogP contribution >= 0.6 is 27.3 Å². The second-order valence-electron chi connectivity index (χ2n) is 4.81. The molecule has 3 nitrogen and oxygen atoms in total. The topological polar surface area (TPSA) is 29.5 Å². The van der Waals surface area contributed by atoms with Crippen LogP contribution in [0.1, 0.15) is 16.9 Å². The van der Waals surface area contributed by atoms with Crippen molar-refractivity contribution in [3.05, 3.63) is 50.6 Å². The summed E-state index contributed by atoms with van der Waals surface area (Å²) in [7, 11) is 3.50. The first-order chi connectivity index (χ1) is 10.1. The third-order valence-corrected chi connectivity index (χ3v) is 4.82. The van der Waals surface area contributed by atoms with Gasteiger partial charge in [-0.15, -0.1) is 11.3 Å². The number of ether oxygens (including phenoxy) is 1. The molecular formula is C16H18BrNO2S. The van der Waals surface area contributed by atoms with E-state index in [2.05, 4.69) is 15.9 Å². The van der Waals surface area contributed by atoms with Crippen molar-refractivity contribution >= 4 is 33.2 Å². The van der Waals surface area contributed by atoms with Gasteiger partial charge < -0.3 is 9.64 Å². The molecule has 0 aliphatic carbocycles. The zero-order chi connectivity index (χ0) is 15.2. The van der Waals surface area contributed by atoms with Crippen molar-refractivity contribution in [1.82, 2.24) is 4.90 Å². The predicted octanol–water partition coefficient (Wildman–Crippen LogP) is 4.11. The van der Waals surface area contributed by atoms with Crippen LogP contribution in [0.3, 0.4) is 0 Å². The van der Waals surface area contributed by atoms with Gasteiger partial charge in [0.25, 0.3) is 0 Å². The Balaban J connectivity index is 1.85. The Hall–Kier alpha value is -1.33. The number of nitrogens with zero attached hydrogens (tertiary/aromatic N) is 1. The Morgan fingerprint density at radius 2 is 2.14 bits per heavy atom. The van der Waals surface area contributed by atoms with Crippen molar-refractivity contribution in [2.24, 2.45) is 0 Å².